The SMILES string of the molecule is Nc1ccc2ccccc2c1-c1c(N)ccc2ccccc12.S. The summed E-state index contributed by atoms with van der Waals surface area (Å²) >= 11 is 0. The smallest absolute Gasteiger partial charge is 0.0401 e. The van der Waals surface area contributed by atoms with Crippen LogP contribution < -0.4 is 11.5 Å². The number of hydrogen-bond acceptors (Lipinski definition) is 2. The van der Waals surface area contributed by atoms with Gasteiger partial charge in [0.25, 0.3) is 0 Å². The zero-order valence-electron chi connectivity index (χ0n) is 12.6. The van der Waals surface area contributed by atoms with Crippen LogP contribution in [-0.2, 0) is 0 Å². The van der Waals surface area contributed by atoms with Gasteiger partial charge in [-0.25, -0.2) is 0 Å². The van der Waals surface area contributed by atoms with Gasteiger partial charge >= 0.3 is 0 Å². The van der Waals surface area contributed by atoms with Crippen molar-refractivity contribution in [3.8, 4) is 11.1 Å². The Labute approximate surface area is 142 Å². The van der Waals surface area contributed by atoms with E-state index >= 15 is 0 Å². The summed E-state index contributed by atoms with van der Waals surface area (Å²) < 4.78 is 0. The first-order valence-corrected chi connectivity index (χ1v) is 7.30. The lowest BCUT2D eigenvalue weighted by Crippen LogP contribution is -1.96. The van der Waals surface area contributed by atoms with E-state index in [1.807, 2.05) is 36.4 Å². The average Bonchev–Trinajstić information content (AvgIpc) is 2.56. The molecule has 0 atom stereocenters. The highest BCUT2D eigenvalue weighted by molar-refractivity contribution is 7.59. The van der Waals surface area contributed by atoms with Gasteiger partial charge in [-0.2, -0.15) is 13.5 Å². The van der Waals surface area contributed by atoms with Crippen molar-refractivity contribution in [2.75, 3.05) is 11.5 Å². The van der Waals surface area contributed by atoms with Gasteiger partial charge in [0.05, 0.1) is 0 Å². The second-order valence-corrected chi connectivity index (χ2v) is 5.50. The van der Waals surface area contributed by atoms with Crippen LogP contribution in [0, 0.1) is 0 Å². The Morgan fingerprint density at radius 1 is 0.478 bits per heavy atom. The molecule has 0 unspecified atom stereocenters. The van der Waals surface area contributed by atoms with Crippen LogP contribution in [0.4, 0.5) is 11.4 Å². The minimum atomic E-state index is 0. The average molecular weight is 318 g/mol. The molecule has 4 aromatic carbocycles. The van der Waals surface area contributed by atoms with Crippen LogP contribution in [0.25, 0.3) is 32.7 Å². The Morgan fingerprint density at radius 3 is 1.30 bits per heavy atom. The fourth-order valence-electron chi connectivity index (χ4n) is 3.13. The van der Waals surface area contributed by atoms with E-state index in [1.54, 1.807) is 0 Å². The van der Waals surface area contributed by atoms with Crippen molar-refractivity contribution in [2.24, 2.45) is 0 Å². The van der Waals surface area contributed by atoms with E-state index in [9.17, 15) is 0 Å². The third kappa shape index (κ3) is 2.39. The molecule has 23 heavy (non-hydrogen) atoms. The standard InChI is InChI=1S/C20H16N2.H2S/c21-17-11-9-13-5-1-3-7-15(13)19(17)20-16-8-4-2-6-14(16)10-12-18(20)22;/h1-12H,21-22H2;1H2. The van der Waals surface area contributed by atoms with Gasteiger partial charge in [-0.05, 0) is 33.7 Å². The molecule has 4 aromatic rings. The summed E-state index contributed by atoms with van der Waals surface area (Å²) in [5, 5.41) is 4.59. The second-order valence-electron chi connectivity index (χ2n) is 5.50. The number of nitrogen functional groups attached to an aromatic ring is 2. The van der Waals surface area contributed by atoms with Gasteiger partial charge < -0.3 is 11.5 Å². The zero-order valence-corrected chi connectivity index (χ0v) is 13.6. The van der Waals surface area contributed by atoms with Crippen molar-refractivity contribution in [3.05, 3.63) is 72.8 Å². The Morgan fingerprint density at radius 2 is 0.870 bits per heavy atom. The largest absolute Gasteiger partial charge is 0.398 e. The minimum absolute atomic E-state index is 0. The predicted molar refractivity (Wildman–Crippen MR) is 106 cm³/mol. The topological polar surface area (TPSA) is 52.0 Å². The number of benzene rings is 4. The molecule has 0 saturated heterocycles. The summed E-state index contributed by atoms with van der Waals surface area (Å²) in [6.45, 7) is 0. The molecular formula is C20H18N2S. The van der Waals surface area contributed by atoms with Gasteiger partial charge in [0, 0.05) is 22.5 Å². The van der Waals surface area contributed by atoms with Crippen molar-refractivity contribution >= 4 is 46.4 Å². The molecule has 0 heterocycles. The van der Waals surface area contributed by atoms with E-state index in [2.05, 4.69) is 36.4 Å². The molecule has 0 aliphatic heterocycles. The number of rotatable bonds is 1. The van der Waals surface area contributed by atoms with E-state index in [1.165, 1.54) is 10.8 Å². The van der Waals surface area contributed by atoms with Crippen LogP contribution >= 0.6 is 13.5 Å². The Hall–Kier alpha value is -2.65. The minimum Gasteiger partial charge on any atom is -0.398 e. The van der Waals surface area contributed by atoms with Gasteiger partial charge in [0.1, 0.15) is 0 Å². The highest BCUT2D eigenvalue weighted by atomic mass is 32.1. The van der Waals surface area contributed by atoms with Gasteiger partial charge in [-0.15, -0.1) is 0 Å². The first-order chi connectivity index (χ1) is 10.8. The Balaban J connectivity index is 0.00000156. The summed E-state index contributed by atoms with van der Waals surface area (Å²) in [4.78, 5) is 0. The van der Waals surface area contributed by atoms with E-state index in [0.717, 1.165) is 33.3 Å². The summed E-state index contributed by atoms with van der Waals surface area (Å²) in [6, 6.07) is 24.6. The maximum atomic E-state index is 6.32. The van der Waals surface area contributed by atoms with Crippen molar-refractivity contribution in [1.82, 2.24) is 0 Å². The fourth-order valence-corrected chi connectivity index (χ4v) is 3.13. The molecule has 2 nitrogen and oxygen atoms in total. The Bertz CT molecular complexity index is 925. The van der Waals surface area contributed by atoms with Gasteiger partial charge in [0.15, 0.2) is 0 Å². The van der Waals surface area contributed by atoms with Crippen molar-refractivity contribution in [2.45, 2.75) is 0 Å². The monoisotopic (exact) mass is 318 g/mol. The maximum absolute atomic E-state index is 6.32. The maximum Gasteiger partial charge on any atom is 0.0401 e. The fraction of sp³-hybridized carbons (Fsp3) is 0. The van der Waals surface area contributed by atoms with Gasteiger partial charge in [0.2, 0.25) is 0 Å². The molecule has 0 saturated carbocycles. The molecule has 0 spiro atoms. The van der Waals surface area contributed by atoms with Crippen LogP contribution in [0.2, 0.25) is 0 Å². The van der Waals surface area contributed by atoms with Crippen LogP contribution in [-0.4, -0.2) is 0 Å². The lowest BCUT2D eigenvalue weighted by molar-refractivity contribution is 1.66. The molecule has 3 heteroatoms. The predicted octanol–water partition coefficient (Wildman–Crippen LogP) is 4.94. The number of nitrogens with two attached hydrogens (primary N) is 2. The van der Waals surface area contributed by atoms with E-state index in [4.69, 9.17) is 11.5 Å². The highest BCUT2D eigenvalue weighted by Gasteiger charge is 2.13. The van der Waals surface area contributed by atoms with Crippen molar-refractivity contribution < 1.29 is 0 Å². The molecule has 0 amide bonds. The first kappa shape index (κ1) is 15.3. The molecule has 0 bridgehead atoms. The molecule has 4 rings (SSSR count). The summed E-state index contributed by atoms with van der Waals surface area (Å²) in [7, 11) is 0. The number of hydrogen-bond donors (Lipinski definition) is 2. The molecular weight excluding hydrogens is 300 g/mol. The number of fused-ring (bicyclic) bond motifs is 2. The molecule has 4 N–H and O–H groups in total. The van der Waals surface area contributed by atoms with E-state index < -0.39 is 0 Å². The van der Waals surface area contributed by atoms with E-state index in [0.29, 0.717) is 0 Å². The lowest BCUT2D eigenvalue weighted by atomic mass is 9.91. The second kappa shape index (κ2) is 5.86. The molecule has 114 valence electrons. The highest BCUT2D eigenvalue weighted by Crippen LogP contribution is 2.41. The normalized spacial score (nSPS) is 10.6. The quantitative estimate of drug-likeness (QED) is 0.489. The van der Waals surface area contributed by atoms with Gasteiger partial charge in [-0.3, -0.25) is 0 Å². The zero-order chi connectivity index (χ0) is 15.1. The van der Waals surface area contributed by atoms with Crippen molar-refractivity contribution in [3.63, 3.8) is 0 Å². The molecule has 0 fully saturated rings. The van der Waals surface area contributed by atoms with Crippen LogP contribution in [0.1, 0.15) is 0 Å². The van der Waals surface area contributed by atoms with Gasteiger partial charge in [-0.1, -0.05) is 60.7 Å². The summed E-state index contributed by atoms with van der Waals surface area (Å²) in [5.41, 5.74) is 16.2. The molecule has 0 aliphatic rings. The number of anilines is 2. The van der Waals surface area contributed by atoms with Crippen LogP contribution in [0.5, 0.6) is 0 Å². The third-order valence-electron chi connectivity index (χ3n) is 4.17. The lowest BCUT2D eigenvalue weighted by Gasteiger charge is -2.15. The van der Waals surface area contributed by atoms with Crippen LogP contribution in [0.3, 0.4) is 0 Å². The molecule has 0 radical (unpaired) electrons. The van der Waals surface area contributed by atoms with Crippen LogP contribution in [0.15, 0.2) is 72.8 Å². The van der Waals surface area contributed by atoms with Crippen molar-refractivity contribution in [1.29, 1.82) is 0 Å². The first-order valence-electron chi connectivity index (χ1n) is 7.30. The third-order valence-corrected chi connectivity index (χ3v) is 4.17. The van der Waals surface area contributed by atoms with E-state index in [-0.39, 0.29) is 13.5 Å². The summed E-state index contributed by atoms with van der Waals surface area (Å²) in [5.74, 6) is 0. The Kier molecular flexibility index (Phi) is 3.89. The summed E-state index contributed by atoms with van der Waals surface area (Å²) in [6.07, 6.45) is 0. The molecule has 0 aromatic heterocycles. The molecule has 0 aliphatic carbocycles.